The molecule has 0 radical (unpaired) electrons. The van der Waals surface area contributed by atoms with E-state index in [-0.39, 0.29) is 11.8 Å². The summed E-state index contributed by atoms with van der Waals surface area (Å²) in [5.74, 6) is -0.266. The molecule has 4 aromatic carbocycles. The van der Waals surface area contributed by atoms with Gasteiger partial charge in [0.25, 0.3) is 11.8 Å². The van der Waals surface area contributed by atoms with E-state index in [0.717, 1.165) is 57.2 Å². The highest BCUT2D eigenvalue weighted by atomic mass is 16.2. The van der Waals surface area contributed by atoms with E-state index < -0.39 is 0 Å². The van der Waals surface area contributed by atoms with Gasteiger partial charge in [-0.25, -0.2) is 9.97 Å². The lowest BCUT2D eigenvalue weighted by Gasteiger charge is -2.12. The first-order valence-electron chi connectivity index (χ1n) is 14.1. The normalized spacial score (nSPS) is 11.0. The predicted molar refractivity (Wildman–Crippen MR) is 168 cm³/mol. The number of carbonyl (C=O) groups is 2. The lowest BCUT2D eigenvalue weighted by atomic mass is 10.0. The topological polar surface area (TPSA) is 84.0 Å². The van der Waals surface area contributed by atoms with Gasteiger partial charge < -0.3 is 10.6 Å². The van der Waals surface area contributed by atoms with E-state index in [1.807, 2.05) is 121 Å². The summed E-state index contributed by atoms with van der Waals surface area (Å²) in [4.78, 5) is 36.0. The number of unbranched alkanes of at least 4 members (excludes halogenated alkanes) is 1. The SMILES string of the molecule is O=C(NCCCCNC(=O)c1cc(-c2ccccc2)nc2ccccc12)c1cc(-c2ccccc2)nc2ccccc12. The summed E-state index contributed by atoms with van der Waals surface area (Å²) in [5, 5.41) is 7.74. The number of carbonyl (C=O) groups excluding carboxylic acids is 2. The molecular weight excluding hydrogens is 520 g/mol. The molecule has 0 atom stereocenters. The van der Waals surface area contributed by atoms with Crippen LogP contribution in [0.2, 0.25) is 0 Å². The van der Waals surface area contributed by atoms with Crippen LogP contribution in [0.3, 0.4) is 0 Å². The fourth-order valence-corrected chi connectivity index (χ4v) is 5.08. The van der Waals surface area contributed by atoms with Gasteiger partial charge in [-0.3, -0.25) is 9.59 Å². The van der Waals surface area contributed by atoms with Gasteiger partial charge in [-0.15, -0.1) is 0 Å². The van der Waals surface area contributed by atoms with Crippen LogP contribution in [-0.4, -0.2) is 34.9 Å². The molecule has 2 amide bonds. The first kappa shape index (κ1) is 26.8. The smallest absolute Gasteiger partial charge is 0.252 e. The minimum Gasteiger partial charge on any atom is -0.352 e. The van der Waals surface area contributed by atoms with Gasteiger partial charge in [-0.2, -0.15) is 0 Å². The molecule has 6 aromatic rings. The Balaban J connectivity index is 1.08. The van der Waals surface area contributed by atoms with E-state index >= 15 is 0 Å². The Morgan fingerprint density at radius 1 is 0.500 bits per heavy atom. The molecule has 0 aliphatic rings. The average molecular weight is 551 g/mol. The minimum absolute atomic E-state index is 0.133. The second-order valence-electron chi connectivity index (χ2n) is 10.1. The van der Waals surface area contributed by atoms with E-state index in [2.05, 4.69) is 10.6 Å². The van der Waals surface area contributed by atoms with E-state index in [0.29, 0.717) is 24.2 Å². The highest BCUT2D eigenvalue weighted by Crippen LogP contribution is 2.26. The lowest BCUT2D eigenvalue weighted by molar-refractivity contribution is 0.0941. The van der Waals surface area contributed by atoms with Crippen molar-refractivity contribution < 1.29 is 9.59 Å². The van der Waals surface area contributed by atoms with Crippen molar-refractivity contribution in [3.05, 3.63) is 132 Å². The zero-order chi connectivity index (χ0) is 28.7. The summed E-state index contributed by atoms with van der Waals surface area (Å²) in [6.45, 7) is 1.00. The largest absolute Gasteiger partial charge is 0.352 e. The third-order valence-corrected chi connectivity index (χ3v) is 7.24. The van der Waals surface area contributed by atoms with Crippen LogP contribution >= 0.6 is 0 Å². The Bertz CT molecular complexity index is 1730. The van der Waals surface area contributed by atoms with E-state index in [1.165, 1.54) is 0 Å². The van der Waals surface area contributed by atoms with Gasteiger partial charge in [0.15, 0.2) is 0 Å². The standard InChI is InChI=1S/C36H30N4O2/c41-35(29-23-33(25-13-3-1-4-14-25)39-31-19-9-7-17-27(29)31)37-21-11-12-22-38-36(42)30-24-34(26-15-5-2-6-16-26)40-32-20-10-8-18-28(30)32/h1-10,13-20,23-24H,11-12,21-22H2,(H,37,41)(H,38,42). The third-order valence-electron chi connectivity index (χ3n) is 7.24. The third kappa shape index (κ3) is 5.88. The van der Waals surface area contributed by atoms with Crippen molar-refractivity contribution in [3.8, 4) is 22.5 Å². The molecule has 2 N–H and O–H groups in total. The Kier molecular flexibility index (Phi) is 7.95. The minimum atomic E-state index is -0.133. The van der Waals surface area contributed by atoms with E-state index in [9.17, 15) is 9.59 Å². The van der Waals surface area contributed by atoms with Gasteiger partial charge in [-0.05, 0) is 37.1 Å². The molecule has 2 aromatic heterocycles. The van der Waals surface area contributed by atoms with Crippen LogP contribution in [0.1, 0.15) is 33.6 Å². The number of rotatable bonds is 9. The van der Waals surface area contributed by atoms with E-state index in [4.69, 9.17) is 9.97 Å². The van der Waals surface area contributed by atoms with Crippen molar-refractivity contribution in [1.29, 1.82) is 0 Å². The van der Waals surface area contributed by atoms with Crippen LogP contribution in [0.15, 0.2) is 121 Å². The molecule has 0 spiro atoms. The molecule has 6 nitrogen and oxygen atoms in total. The van der Waals surface area contributed by atoms with Crippen LogP contribution in [0.25, 0.3) is 44.3 Å². The Hall–Kier alpha value is -5.36. The van der Waals surface area contributed by atoms with Crippen molar-refractivity contribution in [2.75, 3.05) is 13.1 Å². The van der Waals surface area contributed by atoms with Crippen LogP contribution in [-0.2, 0) is 0 Å². The molecule has 6 rings (SSSR count). The number of aromatic nitrogens is 2. The molecule has 0 unspecified atom stereocenters. The number of benzene rings is 4. The van der Waals surface area contributed by atoms with Crippen molar-refractivity contribution in [2.45, 2.75) is 12.8 Å². The molecule has 0 bridgehead atoms. The van der Waals surface area contributed by atoms with Crippen LogP contribution < -0.4 is 10.6 Å². The number of nitrogens with zero attached hydrogens (tertiary/aromatic N) is 2. The maximum absolute atomic E-state index is 13.2. The maximum atomic E-state index is 13.2. The summed E-state index contributed by atoms with van der Waals surface area (Å²) in [6, 6.07) is 38.8. The Morgan fingerprint density at radius 3 is 1.31 bits per heavy atom. The quantitative estimate of drug-likeness (QED) is 0.189. The van der Waals surface area contributed by atoms with Crippen molar-refractivity contribution in [2.24, 2.45) is 0 Å². The number of hydrogen-bond acceptors (Lipinski definition) is 4. The molecular formula is C36H30N4O2. The maximum Gasteiger partial charge on any atom is 0.252 e. The fraction of sp³-hybridized carbons (Fsp3) is 0.111. The summed E-state index contributed by atoms with van der Waals surface area (Å²) in [5.41, 5.74) is 6.23. The van der Waals surface area contributed by atoms with Gasteiger partial charge in [0.2, 0.25) is 0 Å². The van der Waals surface area contributed by atoms with Crippen molar-refractivity contribution >= 4 is 33.6 Å². The molecule has 0 aliphatic carbocycles. The van der Waals surface area contributed by atoms with Crippen molar-refractivity contribution in [1.82, 2.24) is 20.6 Å². The zero-order valence-electron chi connectivity index (χ0n) is 23.1. The number of amides is 2. The molecule has 206 valence electrons. The Morgan fingerprint density at radius 2 is 0.881 bits per heavy atom. The summed E-state index contributed by atoms with van der Waals surface area (Å²) in [7, 11) is 0. The molecule has 0 saturated heterocycles. The van der Waals surface area contributed by atoms with E-state index in [1.54, 1.807) is 0 Å². The second-order valence-corrected chi connectivity index (χ2v) is 10.1. The lowest BCUT2D eigenvalue weighted by Crippen LogP contribution is -2.27. The Labute approximate surface area is 244 Å². The molecule has 0 saturated carbocycles. The molecule has 42 heavy (non-hydrogen) atoms. The first-order chi connectivity index (χ1) is 20.7. The van der Waals surface area contributed by atoms with Gasteiger partial charge in [0, 0.05) is 35.0 Å². The summed E-state index contributed by atoms with van der Waals surface area (Å²) >= 11 is 0. The number of para-hydroxylation sites is 2. The summed E-state index contributed by atoms with van der Waals surface area (Å²) in [6.07, 6.45) is 1.46. The van der Waals surface area contributed by atoms with Gasteiger partial charge in [0.05, 0.1) is 33.5 Å². The van der Waals surface area contributed by atoms with Crippen LogP contribution in [0.4, 0.5) is 0 Å². The molecule has 0 fully saturated rings. The highest BCUT2D eigenvalue weighted by Gasteiger charge is 2.15. The summed E-state index contributed by atoms with van der Waals surface area (Å²) < 4.78 is 0. The monoisotopic (exact) mass is 550 g/mol. The number of pyridine rings is 2. The first-order valence-corrected chi connectivity index (χ1v) is 14.1. The molecule has 2 heterocycles. The molecule has 6 heteroatoms. The van der Waals surface area contributed by atoms with Gasteiger partial charge in [0.1, 0.15) is 0 Å². The zero-order valence-corrected chi connectivity index (χ0v) is 23.1. The average Bonchev–Trinajstić information content (AvgIpc) is 3.05. The highest BCUT2D eigenvalue weighted by molar-refractivity contribution is 6.08. The van der Waals surface area contributed by atoms with Gasteiger partial charge >= 0.3 is 0 Å². The number of fused-ring (bicyclic) bond motifs is 2. The van der Waals surface area contributed by atoms with Crippen LogP contribution in [0, 0.1) is 0 Å². The predicted octanol–water partition coefficient (Wildman–Crippen LogP) is 7.06. The molecule has 0 aliphatic heterocycles. The fourth-order valence-electron chi connectivity index (χ4n) is 5.08. The van der Waals surface area contributed by atoms with Crippen LogP contribution in [0.5, 0.6) is 0 Å². The van der Waals surface area contributed by atoms with Crippen molar-refractivity contribution in [3.63, 3.8) is 0 Å². The number of hydrogen-bond donors (Lipinski definition) is 2. The van der Waals surface area contributed by atoms with Gasteiger partial charge in [-0.1, -0.05) is 97.1 Å². The number of nitrogens with one attached hydrogen (secondary N) is 2. The second kappa shape index (κ2) is 12.4.